The number of pyridine rings is 1. The van der Waals surface area contributed by atoms with Gasteiger partial charge in [-0.1, -0.05) is 12.2 Å². The van der Waals surface area contributed by atoms with Crippen molar-refractivity contribution in [1.82, 2.24) is 10.3 Å². The van der Waals surface area contributed by atoms with Crippen molar-refractivity contribution in [2.75, 3.05) is 0 Å². The summed E-state index contributed by atoms with van der Waals surface area (Å²) in [7, 11) is 0. The number of rotatable bonds is 6. The van der Waals surface area contributed by atoms with Crippen molar-refractivity contribution in [3.05, 3.63) is 30.1 Å². The third-order valence-electron chi connectivity index (χ3n) is 2.36. The molecule has 0 unspecified atom stereocenters. The summed E-state index contributed by atoms with van der Waals surface area (Å²) in [4.78, 5) is 15.0. The Balaban J connectivity index is 2.54. The summed E-state index contributed by atoms with van der Waals surface area (Å²) in [5.41, 5.74) is 0.994. The molecule has 4 nitrogen and oxygen atoms in total. The number of amides is 1. The summed E-state index contributed by atoms with van der Waals surface area (Å²) in [5.74, 6) is 0.766. The van der Waals surface area contributed by atoms with Crippen molar-refractivity contribution in [2.45, 2.75) is 46.3 Å². The molecule has 1 amide bonds. The third-order valence-corrected chi connectivity index (χ3v) is 2.36. The molecule has 0 aliphatic rings. The van der Waals surface area contributed by atoms with Crippen LogP contribution in [0.1, 0.15) is 39.7 Å². The van der Waals surface area contributed by atoms with Crippen LogP contribution < -0.4 is 10.1 Å². The molecule has 0 bridgehead atoms. The largest absolute Gasteiger partial charge is 0.489 e. The van der Waals surface area contributed by atoms with E-state index in [0.717, 1.165) is 17.7 Å². The molecule has 1 N–H and O–H groups in total. The first-order valence-corrected chi connectivity index (χ1v) is 6.52. The van der Waals surface area contributed by atoms with Crippen LogP contribution in [0.25, 0.3) is 6.08 Å². The molecule has 0 aliphatic carbocycles. The summed E-state index contributed by atoms with van der Waals surface area (Å²) >= 11 is 0. The quantitative estimate of drug-likeness (QED) is 0.857. The van der Waals surface area contributed by atoms with Crippen LogP contribution in [0, 0.1) is 0 Å². The minimum absolute atomic E-state index is 0.00472. The molecule has 1 aromatic heterocycles. The lowest BCUT2D eigenvalue weighted by Crippen LogP contribution is -2.29. The maximum atomic E-state index is 10.9. The number of nitrogens with zero attached hydrogens (tertiary/aromatic N) is 1. The highest BCUT2D eigenvalue weighted by Crippen LogP contribution is 2.14. The van der Waals surface area contributed by atoms with Crippen molar-refractivity contribution in [2.24, 2.45) is 0 Å². The topological polar surface area (TPSA) is 51.2 Å². The van der Waals surface area contributed by atoms with E-state index >= 15 is 0 Å². The summed E-state index contributed by atoms with van der Waals surface area (Å²) in [6.45, 7) is 7.47. The van der Waals surface area contributed by atoms with E-state index in [0.29, 0.717) is 0 Å². The van der Waals surface area contributed by atoms with E-state index in [1.54, 1.807) is 12.4 Å². The zero-order valence-electron chi connectivity index (χ0n) is 12.0. The zero-order chi connectivity index (χ0) is 14.3. The number of carbonyl (C=O) groups excluding carboxylic acids is 1. The van der Waals surface area contributed by atoms with Crippen LogP contribution in [0.15, 0.2) is 24.5 Å². The van der Waals surface area contributed by atoms with Crippen molar-refractivity contribution in [3.8, 4) is 5.75 Å². The van der Waals surface area contributed by atoms with Gasteiger partial charge in [-0.15, -0.1) is 0 Å². The fourth-order valence-electron chi connectivity index (χ4n) is 1.68. The normalized spacial score (nSPS) is 12.7. The molecule has 4 heteroatoms. The first-order valence-electron chi connectivity index (χ1n) is 6.52. The molecule has 0 radical (unpaired) electrons. The first-order chi connectivity index (χ1) is 8.97. The minimum atomic E-state index is -0.00472. The molecule has 1 heterocycles. The number of ether oxygens (including phenoxy) is 1. The maximum absolute atomic E-state index is 10.9. The van der Waals surface area contributed by atoms with Gasteiger partial charge < -0.3 is 10.1 Å². The highest BCUT2D eigenvalue weighted by atomic mass is 16.5. The molecule has 0 spiro atoms. The van der Waals surface area contributed by atoms with Crippen LogP contribution >= 0.6 is 0 Å². The Hall–Kier alpha value is -1.84. The monoisotopic (exact) mass is 262 g/mol. The van der Waals surface area contributed by atoms with Gasteiger partial charge in [0, 0.05) is 19.2 Å². The van der Waals surface area contributed by atoms with Gasteiger partial charge in [0.1, 0.15) is 5.75 Å². The maximum Gasteiger partial charge on any atom is 0.217 e. The lowest BCUT2D eigenvalue weighted by atomic mass is 10.2. The molecular formula is C15H22N2O2. The fraction of sp³-hybridized carbons (Fsp3) is 0.467. The summed E-state index contributed by atoms with van der Waals surface area (Å²) in [5, 5.41) is 2.84. The molecule has 1 atom stereocenters. The highest BCUT2D eigenvalue weighted by Gasteiger charge is 2.01. The molecule has 0 fully saturated rings. The van der Waals surface area contributed by atoms with Gasteiger partial charge >= 0.3 is 0 Å². The van der Waals surface area contributed by atoms with E-state index in [1.807, 2.05) is 39.0 Å². The van der Waals surface area contributed by atoms with Crippen molar-refractivity contribution in [1.29, 1.82) is 0 Å². The Bertz CT molecular complexity index is 442. The lowest BCUT2D eigenvalue weighted by Gasteiger charge is -2.10. The molecule has 0 aromatic carbocycles. The number of aromatic nitrogens is 1. The Morgan fingerprint density at radius 1 is 1.42 bits per heavy atom. The van der Waals surface area contributed by atoms with Gasteiger partial charge in [0.2, 0.25) is 5.91 Å². The van der Waals surface area contributed by atoms with Crippen LogP contribution in [-0.2, 0) is 4.79 Å². The van der Waals surface area contributed by atoms with Gasteiger partial charge in [0.05, 0.1) is 12.3 Å². The van der Waals surface area contributed by atoms with Gasteiger partial charge in [-0.2, -0.15) is 0 Å². The highest BCUT2D eigenvalue weighted by molar-refractivity contribution is 5.73. The van der Waals surface area contributed by atoms with Gasteiger partial charge in [-0.25, -0.2) is 0 Å². The average molecular weight is 262 g/mol. The summed E-state index contributed by atoms with van der Waals surface area (Å²) in [6, 6.07) is 2.09. The second kappa shape index (κ2) is 7.56. The van der Waals surface area contributed by atoms with Crippen molar-refractivity contribution in [3.63, 3.8) is 0 Å². The smallest absolute Gasteiger partial charge is 0.217 e. The van der Waals surface area contributed by atoms with Crippen molar-refractivity contribution >= 4 is 12.0 Å². The number of nitrogens with one attached hydrogen (secondary N) is 1. The fourth-order valence-corrected chi connectivity index (χ4v) is 1.68. The second-order valence-electron chi connectivity index (χ2n) is 4.86. The van der Waals surface area contributed by atoms with Crippen LogP contribution in [0.5, 0.6) is 5.75 Å². The number of hydrogen-bond acceptors (Lipinski definition) is 3. The summed E-state index contributed by atoms with van der Waals surface area (Å²) < 4.78 is 5.58. The summed E-state index contributed by atoms with van der Waals surface area (Å²) in [6.07, 6.45) is 8.43. The molecule has 1 aromatic rings. The molecule has 0 aliphatic heterocycles. The van der Waals surface area contributed by atoms with Crippen LogP contribution in [-0.4, -0.2) is 23.0 Å². The van der Waals surface area contributed by atoms with Gasteiger partial charge in [0.15, 0.2) is 0 Å². The number of carbonyl (C=O) groups is 1. The molecule has 19 heavy (non-hydrogen) atoms. The predicted molar refractivity (Wildman–Crippen MR) is 76.9 cm³/mol. The Labute approximate surface area is 114 Å². The lowest BCUT2D eigenvalue weighted by molar-refractivity contribution is -0.119. The molecular weight excluding hydrogens is 240 g/mol. The SMILES string of the molecule is CC(=O)N[C@H](C)C/C=C/c1cncc(OC(C)C)c1. The predicted octanol–water partition coefficient (Wildman–Crippen LogP) is 2.80. The third kappa shape index (κ3) is 6.60. The van der Waals surface area contributed by atoms with Crippen LogP contribution in [0.2, 0.25) is 0 Å². The average Bonchev–Trinajstić information content (AvgIpc) is 2.27. The Morgan fingerprint density at radius 2 is 2.16 bits per heavy atom. The van der Waals surface area contributed by atoms with E-state index in [-0.39, 0.29) is 18.1 Å². The standard InChI is InChI=1S/C15H22N2O2/c1-11(2)19-15-8-14(9-16-10-15)7-5-6-12(3)17-13(4)18/h5,7-12H,6H2,1-4H3,(H,17,18)/b7-5+/t12-/m1/s1. The van der Waals surface area contributed by atoms with Gasteiger partial charge in [-0.3, -0.25) is 9.78 Å². The minimum Gasteiger partial charge on any atom is -0.489 e. The molecule has 1 rings (SSSR count). The van der Waals surface area contributed by atoms with Crippen LogP contribution in [0.3, 0.4) is 0 Å². The van der Waals surface area contributed by atoms with E-state index in [4.69, 9.17) is 4.74 Å². The number of hydrogen-bond donors (Lipinski definition) is 1. The van der Waals surface area contributed by atoms with Gasteiger partial charge in [-0.05, 0) is 38.8 Å². The van der Waals surface area contributed by atoms with E-state index in [9.17, 15) is 4.79 Å². The van der Waals surface area contributed by atoms with Gasteiger partial charge in [0.25, 0.3) is 0 Å². The van der Waals surface area contributed by atoms with E-state index in [2.05, 4.69) is 10.3 Å². The molecule has 0 saturated heterocycles. The Morgan fingerprint density at radius 3 is 2.79 bits per heavy atom. The van der Waals surface area contributed by atoms with E-state index < -0.39 is 0 Å². The van der Waals surface area contributed by atoms with Crippen molar-refractivity contribution < 1.29 is 9.53 Å². The zero-order valence-corrected chi connectivity index (χ0v) is 12.0. The molecule has 104 valence electrons. The Kier molecular flexibility index (Phi) is 6.06. The first kappa shape index (κ1) is 15.2. The molecule has 0 saturated carbocycles. The second-order valence-corrected chi connectivity index (χ2v) is 4.86. The van der Waals surface area contributed by atoms with E-state index in [1.165, 1.54) is 6.92 Å². The van der Waals surface area contributed by atoms with Crippen LogP contribution in [0.4, 0.5) is 0 Å².